The maximum Gasteiger partial charge on any atom is 0.133 e. The molecule has 0 saturated heterocycles. The molecule has 150 valence electrons. The molecule has 2 aromatic carbocycles. The fourth-order valence-electron chi connectivity index (χ4n) is 2.68. The predicted octanol–water partition coefficient (Wildman–Crippen LogP) is 3.22. The number of hydrogen-bond donors (Lipinski definition) is 2. The van der Waals surface area contributed by atoms with Crippen LogP contribution < -0.4 is 0 Å². The molecular formula is C22H24N4O2S. The van der Waals surface area contributed by atoms with Gasteiger partial charge >= 0.3 is 0 Å². The third-order valence-electron chi connectivity index (χ3n) is 4.21. The van der Waals surface area contributed by atoms with Gasteiger partial charge in [0.15, 0.2) is 0 Å². The summed E-state index contributed by atoms with van der Waals surface area (Å²) in [6.45, 7) is 2.30. The third kappa shape index (κ3) is 6.29. The van der Waals surface area contributed by atoms with Gasteiger partial charge in [-0.15, -0.1) is 0 Å². The van der Waals surface area contributed by atoms with Crippen molar-refractivity contribution in [2.45, 2.75) is 0 Å². The first-order chi connectivity index (χ1) is 14.3. The molecule has 0 fully saturated rings. The fourth-order valence-corrected chi connectivity index (χ4v) is 3.35. The Bertz CT molecular complexity index is 863. The van der Waals surface area contributed by atoms with Crippen molar-refractivity contribution < 1.29 is 10.2 Å². The molecule has 1 heterocycles. The largest absolute Gasteiger partial charge is 0.507 e. The summed E-state index contributed by atoms with van der Waals surface area (Å²) >= 11 is 1.77. The van der Waals surface area contributed by atoms with Gasteiger partial charge in [-0.3, -0.25) is 20.0 Å². The first-order valence-electron chi connectivity index (χ1n) is 9.47. The van der Waals surface area contributed by atoms with Gasteiger partial charge in [0, 0.05) is 71.7 Å². The lowest BCUT2D eigenvalue weighted by molar-refractivity contribution is 0.473. The van der Waals surface area contributed by atoms with Crippen molar-refractivity contribution in [3.05, 3.63) is 58.7 Å². The summed E-state index contributed by atoms with van der Waals surface area (Å²) in [6.07, 6.45) is 6.70. The van der Waals surface area contributed by atoms with Crippen LogP contribution in [-0.4, -0.2) is 72.8 Å². The number of para-hydroxylation sites is 2. The zero-order valence-corrected chi connectivity index (χ0v) is 16.9. The molecule has 0 unspecified atom stereocenters. The molecule has 6 nitrogen and oxygen atoms in total. The van der Waals surface area contributed by atoms with Crippen molar-refractivity contribution in [1.29, 1.82) is 0 Å². The third-order valence-corrected chi connectivity index (χ3v) is 5.15. The Kier molecular flexibility index (Phi) is 8.01. The van der Waals surface area contributed by atoms with E-state index in [9.17, 15) is 10.2 Å². The molecule has 1 aliphatic heterocycles. The SMILES string of the molecule is Oc1c2cccc1C=NCCSCCN=Cc1cccc(c1O)C=NCCN=C2. The molecule has 2 N–H and O–H groups in total. The lowest BCUT2D eigenvalue weighted by Crippen LogP contribution is -1.94. The summed E-state index contributed by atoms with van der Waals surface area (Å²) in [7, 11) is 0. The minimum Gasteiger partial charge on any atom is -0.507 e. The molecule has 0 amide bonds. The summed E-state index contributed by atoms with van der Waals surface area (Å²) in [5, 5.41) is 20.8. The van der Waals surface area contributed by atoms with Crippen LogP contribution in [0.1, 0.15) is 22.3 Å². The van der Waals surface area contributed by atoms with Crippen molar-refractivity contribution >= 4 is 36.6 Å². The van der Waals surface area contributed by atoms with E-state index in [4.69, 9.17) is 0 Å². The van der Waals surface area contributed by atoms with E-state index in [2.05, 4.69) is 20.0 Å². The number of thioether (sulfide) groups is 1. The highest BCUT2D eigenvalue weighted by Crippen LogP contribution is 2.20. The highest BCUT2D eigenvalue weighted by atomic mass is 32.2. The summed E-state index contributed by atoms with van der Waals surface area (Å²) in [5.41, 5.74) is 2.67. The minimum atomic E-state index is 0.179. The van der Waals surface area contributed by atoms with Crippen molar-refractivity contribution in [2.75, 3.05) is 37.7 Å². The van der Waals surface area contributed by atoms with Crippen LogP contribution in [0.15, 0.2) is 56.4 Å². The van der Waals surface area contributed by atoms with Crippen molar-refractivity contribution in [2.24, 2.45) is 20.0 Å². The van der Waals surface area contributed by atoms with Gasteiger partial charge in [-0.25, -0.2) is 0 Å². The Morgan fingerprint density at radius 2 is 0.897 bits per heavy atom. The molecule has 1 aliphatic rings. The van der Waals surface area contributed by atoms with Gasteiger partial charge in [0.1, 0.15) is 11.5 Å². The summed E-state index contributed by atoms with van der Waals surface area (Å²) in [4.78, 5) is 17.5. The van der Waals surface area contributed by atoms with E-state index >= 15 is 0 Å². The van der Waals surface area contributed by atoms with Crippen molar-refractivity contribution in [3.8, 4) is 11.5 Å². The number of fused-ring (bicyclic) bond motifs is 4. The quantitative estimate of drug-likeness (QED) is 0.701. The van der Waals surface area contributed by atoms with Crippen LogP contribution >= 0.6 is 11.8 Å². The smallest absolute Gasteiger partial charge is 0.133 e. The van der Waals surface area contributed by atoms with E-state index in [0.717, 1.165) is 11.5 Å². The van der Waals surface area contributed by atoms with Crippen LogP contribution in [0.2, 0.25) is 0 Å². The van der Waals surface area contributed by atoms with Gasteiger partial charge in [0.05, 0.1) is 13.1 Å². The van der Waals surface area contributed by atoms with Crippen LogP contribution in [0.5, 0.6) is 11.5 Å². The lowest BCUT2D eigenvalue weighted by atomic mass is 10.1. The van der Waals surface area contributed by atoms with Gasteiger partial charge in [-0.1, -0.05) is 12.1 Å². The summed E-state index contributed by atoms with van der Waals surface area (Å²) < 4.78 is 0. The number of rotatable bonds is 0. The van der Waals surface area contributed by atoms with Gasteiger partial charge in [0.25, 0.3) is 0 Å². The molecule has 3 rings (SSSR count). The Morgan fingerprint density at radius 3 is 1.28 bits per heavy atom. The van der Waals surface area contributed by atoms with Crippen molar-refractivity contribution in [1.82, 2.24) is 0 Å². The Hall–Kier alpha value is -2.93. The topological polar surface area (TPSA) is 89.9 Å². The lowest BCUT2D eigenvalue weighted by Gasteiger charge is -2.02. The molecule has 0 aliphatic carbocycles. The highest BCUT2D eigenvalue weighted by molar-refractivity contribution is 7.99. The molecule has 2 aromatic rings. The number of aromatic hydroxyl groups is 2. The standard InChI is InChI=1S/C22H24N4O2S/c27-21-17-3-1-5-19(21)15-25-9-11-29-12-10-26-16-20-6-2-4-18(22(20)28)14-24-8-7-23-13-17/h1-6,13-16,27-28H,7-12H2. The van der Waals surface area contributed by atoms with E-state index < -0.39 is 0 Å². The molecule has 0 saturated carbocycles. The number of phenols is 2. The number of phenolic OH excluding ortho intramolecular Hbond substituents is 2. The van der Waals surface area contributed by atoms with Crippen LogP contribution in [-0.2, 0) is 0 Å². The molecule has 29 heavy (non-hydrogen) atoms. The minimum absolute atomic E-state index is 0.179. The molecule has 0 spiro atoms. The van der Waals surface area contributed by atoms with Crippen molar-refractivity contribution in [3.63, 3.8) is 0 Å². The second-order valence-corrected chi connectivity index (χ2v) is 7.55. The molecule has 0 radical (unpaired) electrons. The second kappa shape index (κ2) is 11.2. The first kappa shape index (κ1) is 20.8. The number of nitrogens with zero attached hydrogens (tertiary/aromatic N) is 4. The number of aliphatic imine (C=N–C) groups is 4. The average molecular weight is 409 g/mol. The normalized spacial score (nSPS) is 15.7. The highest BCUT2D eigenvalue weighted by Gasteiger charge is 2.04. The number of benzene rings is 2. The first-order valence-corrected chi connectivity index (χ1v) is 10.6. The summed E-state index contributed by atoms with van der Waals surface area (Å²) in [6, 6.07) is 11.0. The summed E-state index contributed by atoms with van der Waals surface area (Å²) in [5.74, 6) is 2.12. The predicted molar refractivity (Wildman–Crippen MR) is 123 cm³/mol. The van der Waals surface area contributed by atoms with E-state index in [-0.39, 0.29) is 11.5 Å². The van der Waals surface area contributed by atoms with E-state index in [1.54, 1.807) is 36.6 Å². The van der Waals surface area contributed by atoms with Gasteiger partial charge in [0.2, 0.25) is 0 Å². The Balaban J connectivity index is 1.77. The van der Waals surface area contributed by atoms with Gasteiger partial charge in [-0.05, 0) is 24.3 Å². The fraction of sp³-hybridized carbons (Fsp3) is 0.273. The van der Waals surface area contributed by atoms with Crippen LogP contribution in [0, 0.1) is 0 Å². The molecule has 0 aromatic heterocycles. The Labute approximate surface area is 174 Å². The van der Waals surface area contributed by atoms with Gasteiger partial charge < -0.3 is 10.2 Å². The maximum atomic E-state index is 10.4. The monoisotopic (exact) mass is 408 g/mol. The zero-order chi connectivity index (χ0) is 20.3. The van der Waals surface area contributed by atoms with Gasteiger partial charge in [-0.2, -0.15) is 11.8 Å². The average Bonchev–Trinajstić information content (AvgIpc) is 2.72. The van der Waals surface area contributed by atoms with E-state index in [1.807, 2.05) is 36.4 Å². The van der Waals surface area contributed by atoms with E-state index in [0.29, 0.717) is 48.4 Å². The molecule has 4 bridgehead atoms. The maximum absolute atomic E-state index is 10.4. The zero-order valence-electron chi connectivity index (χ0n) is 16.1. The Morgan fingerprint density at radius 1 is 0.552 bits per heavy atom. The van der Waals surface area contributed by atoms with Crippen LogP contribution in [0.25, 0.3) is 0 Å². The van der Waals surface area contributed by atoms with Crippen LogP contribution in [0.4, 0.5) is 0 Å². The molecule has 0 atom stereocenters. The van der Waals surface area contributed by atoms with E-state index in [1.165, 1.54) is 0 Å². The number of hydrogen-bond acceptors (Lipinski definition) is 7. The molecule has 7 heteroatoms. The molecular weight excluding hydrogens is 384 g/mol. The second-order valence-electron chi connectivity index (χ2n) is 6.32. The van der Waals surface area contributed by atoms with Crippen LogP contribution in [0.3, 0.4) is 0 Å².